The molecule has 0 aliphatic carbocycles. The Morgan fingerprint density at radius 3 is 2.34 bits per heavy atom. The SMILES string of the molecule is CCC(CC)c1ccnc(-c2ccc3oc4nc(-c5c(C)cccc5C)ccc4c3c2)c1. The number of benzene rings is 2. The van der Waals surface area contributed by atoms with Crippen molar-refractivity contribution >= 4 is 22.1 Å². The smallest absolute Gasteiger partial charge is 0.227 e. The molecule has 0 unspecified atom stereocenters. The minimum atomic E-state index is 0.572. The van der Waals surface area contributed by atoms with Gasteiger partial charge in [-0.2, -0.15) is 0 Å². The fraction of sp³-hybridized carbons (Fsp3) is 0.241. The second-order valence-corrected chi connectivity index (χ2v) is 8.62. The predicted molar refractivity (Wildman–Crippen MR) is 133 cm³/mol. The molecule has 32 heavy (non-hydrogen) atoms. The van der Waals surface area contributed by atoms with Crippen LogP contribution in [0, 0.1) is 13.8 Å². The Bertz CT molecular complexity index is 1410. The number of aryl methyl sites for hydroxylation is 2. The molecule has 3 nitrogen and oxygen atoms in total. The molecule has 3 heteroatoms. The maximum absolute atomic E-state index is 6.15. The van der Waals surface area contributed by atoms with E-state index in [-0.39, 0.29) is 0 Å². The van der Waals surface area contributed by atoms with Gasteiger partial charge in [-0.05, 0) is 91.8 Å². The first kappa shape index (κ1) is 20.4. The molecule has 0 fully saturated rings. The summed E-state index contributed by atoms with van der Waals surface area (Å²) in [5.41, 5.74) is 9.57. The van der Waals surface area contributed by atoms with Crippen LogP contribution in [0.25, 0.3) is 44.6 Å². The minimum absolute atomic E-state index is 0.572. The van der Waals surface area contributed by atoms with Crippen LogP contribution in [0.15, 0.2) is 71.3 Å². The highest BCUT2D eigenvalue weighted by Gasteiger charge is 2.14. The molecule has 0 amide bonds. The average molecular weight is 421 g/mol. The largest absolute Gasteiger partial charge is 0.438 e. The number of pyridine rings is 2. The predicted octanol–water partition coefficient (Wildman–Crippen LogP) is 8.23. The van der Waals surface area contributed by atoms with E-state index in [9.17, 15) is 0 Å². The molecule has 0 saturated carbocycles. The Morgan fingerprint density at radius 1 is 0.812 bits per heavy atom. The van der Waals surface area contributed by atoms with Crippen molar-refractivity contribution in [2.24, 2.45) is 0 Å². The van der Waals surface area contributed by atoms with Crippen LogP contribution in [0.2, 0.25) is 0 Å². The molecule has 3 heterocycles. The summed E-state index contributed by atoms with van der Waals surface area (Å²) in [5, 5.41) is 2.11. The summed E-state index contributed by atoms with van der Waals surface area (Å²) >= 11 is 0. The molecule has 0 aliphatic rings. The number of furan rings is 1. The molecule has 0 bridgehead atoms. The molecular formula is C29H28N2O. The van der Waals surface area contributed by atoms with Crippen LogP contribution in [0.4, 0.5) is 0 Å². The van der Waals surface area contributed by atoms with E-state index >= 15 is 0 Å². The van der Waals surface area contributed by atoms with Gasteiger partial charge in [0.2, 0.25) is 5.71 Å². The normalized spacial score (nSPS) is 11.7. The van der Waals surface area contributed by atoms with E-state index in [0.717, 1.165) is 46.1 Å². The first-order chi connectivity index (χ1) is 15.6. The van der Waals surface area contributed by atoms with Crippen molar-refractivity contribution in [2.45, 2.75) is 46.5 Å². The highest BCUT2D eigenvalue weighted by molar-refractivity contribution is 6.05. The number of aromatic nitrogens is 2. The van der Waals surface area contributed by atoms with Gasteiger partial charge in [-0.25, -0.2) is 4.98 Å². The summed E-state index contributed by atoms with van der Waals surface area (Å²) in [6.45, 7) is 8.75. The molecule has 0 atom stereocenters. The van der Waals surface area contributed by atoms with E-state index in [2.05, 4.69) is 87.3 Å². The van der Waals surface area contributed by atoms with E-state index in [1.54, 1.807) is 0 Å². The zero-order valence-electron chi connectivity index (χ0n) is 19.1. The maximum atomic E-state index is 6.15. The lowest BCUT2D eigenvalue weighted by atomic mass is 9.93. The highest BCUT2D eigenvalue weighted by atomic mass is 16.3. The third kappa shape index (κ3) is 3.48. The van der Waals surface area contributed by atoms with Crippen molar-refractivity contribution in [2.75, 3.05) is 0 Å². The fourth-order valence-corrected chi connectivity index (χ4v) is 4.79. The number of rotatable bonds is 5. The Morgan fingerprint density at radius 2 is 1.59 bits per heavy atom. The molecule has 2 aromatic carbocycles. The standard InChI is InChI=1S/C29H28N2O/c1-5-20(6-2)21-14-15-30-26(17-21)22-10-13-27-24(16-22)23-11-12-25(31-29(23)32-27)28-18(3)8-7-9-19(28)4/h7-17,20H,5-6H2,1-4H3. The summed E-state index contributed by atoms with van der Waals surface area (Å²) in [4.78, 5) is 9.54. The molecule has 0 spiro atoms. The van der Waals surface area contributed by atoms with Crippen LogP contribution in [0.5, 0.6) is 0 Å². The molecule has 5 aromatic rings. The number of hydrogen-bond acceptors (Lipinski definition) is 3. The molecule has 160 valence electrons. The fourth-order valence-electron chi connectivity index (χ4n) is 4.79. The molecule has 0 saturated heterocycles. The summed E-state index contributed by atoms with van der Waals surface area (Å²) in [6.07, 6.45) is 4.21. The lowest BCUT2D eigenvalue weighted by Crippen LogP contribution is -1.96. The Labute approximate surface area is 189 Å². The van der Waals surface area contributed by atoms with Crippen LogP contribution in [-0.2, 0) is 0 Å². The highest BCUT2D eigenvalue weighted by Crippen LogP contribution is 2.34. The van der Waals surface area contributed by atoms with E-state index in [0.29, 0.717) is 11.6 Å². The molecule has 0 radical (unpaired) electrons. The average Bonchev–Trinajstić information content (AvgIpc) is 3.17. The van der Waals surface area contributed by atoms with Gasteiger partial charge in [-0.3, -0.25) is 4.98 Å². The Balaban J connectivity index is 1.61. The summed E-state index contributed by atoms with van der Waals surface area (Å²) in [7, 11) is 0. The van der Waals surface area contributed by atoms with E-state index < -0.39 is 0 Å². The Kier molecular flexibility index (Phi) is 5.26. The van der Waals surface area contributed by atoms with E-state index in [1.165, 1.54) is 22.3 Å². The molecule has 0 aliphatic heterocycles. The van der Waals surface area contributed by atoms with Crippen molar-refractivity contribution in [3.63, 3.8) is 0 Å². The van der Waals surface area contributed by atoms with Crippen molar-refractivity contribution < 1.29 is 4.42 Å². The van der Waals surface area contributed by atoms with Crippen LogP contribution in [-0.4, -0.2) is 9.97 Å². The van der Waals surface area contributed by atoms with Gasteiger partial charge in [-0.1, -0.05) is 32.0 Å². The molecular weight excluding hydrogens is 392 g/mol. The summed E-state index contributed by atoms with van der Waals surface area (Å²) < 4.78 is 6.15. The molecule has 3 aromatic heterocycles. The van der Waals surface area contributed by atoms with Crippen molar-refractivity contribution in [3.05, 3.63) is 83.6 Å². The second-order valence-electron chi connectivity index (χ2n) is 8.62. The first-order valence-electron chi connectivity index (χ1n) is 11.4. The first-order valence-corrected chi connectivity index (χ1v) is 11.4. The van der Waals surface area contributed by atoms with Crippen LogP contribution < -0.4 is 0 Å². The topological polar surface area (TPSA) is 38.9 Å². The van der Waals surface area contributed by atoms with Crippen LogP contribution >= 0.6 is 0 Å². The number of hydrogen-bond donors (Lipinski definition) is 0. The zero-order valence-corrected chi connectivity index (χ0v) is 19.1. The van der Waals surface area contributed by atoms with E-state index in [4.69, 9.17) is 9.40 Å². The van der Waals surface area contributed by atoms with Gasteiger partial charge >= 0.3 is 0 Å². The van der Waals surface area contributed by atoms with Gasteiger partial charge in [-0.15, -0.1) is 0 Å². The van der Waals surface area contributed by atoms with Crippen molar-refractivity contribution in [1.82, 2.24) is 9.97 Å². The Hall–Kier alpha value is -3.46. The summed E-state index contributed by atoms with van der Waals surface area (Å²) in [5.74, 6) is 0.572. The number of fused-ring (bicyclic) bond motifs is 3. The van der Waals surface area contributed by atoms with Crippen molar-refractivity contribution in [1.29, 1.82) is 0 Å². The van der Waals surface area contributed by atoms with E-state index in [1.807, 2.05) is 12.3 Å². The lowest BCUT2D eigenvalue weighted by Gasteiger charge is -2.13. The molecule has 5 rings (SSSR count). The quantitative estimate of drug-likeness (QED) is 0.287. The van der Waals surface area contributed by atoms with Crippen LogP contribution in [0.1, 0.15) is 49.3 Å². The minimum Gasteiger partial charge on any atom is -0.438 e. The van der Waals surface area contributed by atoms with Gasteiger partial charge in [0.1, 0.15) is 5.58 Å². The second kappa shape index (κ2) is 8.23. The van der Waals surface area contributed by atoms with Gasteiger partial charge in [0.05, 0.1) is 11.4 Å². The third-order valence-electron chi connectivity index (χ3n) is 6.61. The van der Waals surface area contributed by atoms with Crippen LogP contribution in [0.3, 0.4) is 0 Å². The lowest BCUT2D eigenvalue weighted by molar-refractivity contribution is 0.641. The zero-order chi connectivity index (χ0) is 22.2. The third-order valence-corrected chi connectivity index (χ3v) is 6.61. The molecule has 0 N–H and O–H groups in total. The number of nitrogens with zero attached hydrogens (tertiary/aromatic N) is 2. The monoisotopic (exact) mass is 420 g/mol. The summed E-state index contributed by atoms with van der Waals surface area (Å²) in [6, 6.07) is 21.3. The maximum Gasteiger partial charge on any atom is 0.227 e. The van der Waals surface area contributed by atoms with Crippen molar-refractivity contribution in [3.8, 4) is 22.5 Å². The van der Waals surface area contributed by atoms with Gasteiger partial charge in [0.25, 0.3) is 0 Å². The van der Waals surface area contributed by atoms with Gasteiger partial charge in [0, 0.05) is 28.1 Å². The van der Waals surface area contributed by atoms with Gasteiger partial charge in [0.15, 0.2) is 0 Å². The van der Waals surface area contributed by atoms with Gasteiger partial charge < -0.3 is 4.42 Å².